The number of urea groups is 1. The highest BCUT2D eigenvalue weighted by atomic mass is 35.5. The van der Waals surface area contributed by atoms with Gasteiger partial charge in [-0.25, -0.2) is 9.18 Å². The van der Waals surface area contributed by atoms with Gasteiger partial charge in [-0.15, -0.1) is 11.3 Å². The van der Waals surface area contributed by atoms with Gasteiger partial charge >= 0.3 is 6.03 Å². The number of halogens is 3. The molecule has 0 aliphatic heterocycles. The van der Waals surface area contributed by atoms with Crippen molar-refractivity contribution < 1.29 is 18.7 Å². The highest BCUT2D eigenvalue weighted by Gasteiger charge is 2.22. The molecule has 0 aliphatic carbocycles. The van der Waals surface area contributed by atoms with Crippen LogP contribution in [0.1, 0.15) is 10.4 Å². The maximum Gasteiger partial charge on any atom is 0.322 e. The van der Waals surface area contributed by atoms with E-state index in [0.29, 0.717) is 22.3 Å². The van der Waals surface area contributed by atoms with Crippen LogP contribution in [0.15, 0.2) is 60.0 Å². The van der Waals surface area contributed by atoms with E-state index in [9.17, 15) is 14.0 Å². The van der Waals surface area contributed by atoms with Gasteiger partial charge in [0.05, 0.1) is 23.2 Å². The first-order valence-corrected chi connectivity index (χ1v) is 12.0. The zero-order valence-electron chi connectivity index (χ0n) is 18.5. The average molecular weight is 524 g/mol. The number of methoxy groups -OCH3 is 1. The van der Waals surface area contributed by atoms with E-state index in [4.69, 9.17) is 27.9 Å². The molecule has 1 N–H and O–H groups in total. The van der Waals surface area contributed by atoms with Crippen LogP contribution in [0.5, 0.6) is 0 Å². The maximum atomic E-state index is 13.3. The SMILES string of the molecule is COCCN(CC(=O)N(Cc1ccc(F)cc1)Cc1cccs1)C(=O)Nc1ccc(Cl)c(Cl)c1. The summed E-state index contributed by atoms with van der Waals surface area (Å²) < 4.78 is 18.5. The number of amides is 3. The minimum atomic E-state index is -0.471. The Labute approximate surface area is 211 Å². The fourth-order valence-electron chi connectivity index (χ4n) is 3.13. The molecule has 0 spiro atoms. The number of hydrogen-bond donors (Lipinski definition) is 1. The topological polar surface area (TPSA) is 61.9 Å². The second-order valence-electron chi connectivity index (χ2n) is 7.43. The van der Waals surface area contributed by atoms with E-state index in [1.54, 1.807) is 29.2 Å². The highest BCUT2D eigenvalue weighted by molar-refractivity contribution is 7.09. The molecule has 0 saturated carbocycles. The van der Waals surface area contributed by atoms with Gasteiger partial charge in [-0.3, -0.25) is 4.79 Å². The number of hydrogen-bond acceptors (Lipinski definition) is 4. The summed E-state index contributed by atoms with van der Waals surface area (Å²) in [5.74, 6) is -0.595. The van der Waals surface area contributed by atoms with Crippen LogP contribution in [0, 0.1) is 5.82 Å². The number of nitrogens with one attached hydrogen (secondary N) is 1. The average Bonchev–Trinajstić information content (AvgIpc) is 3.33. The summed E-state index contributed by atoms with van der Waals surface area (Å²) in [7, 11) is 1.52. The first-order valence-electron chi connectivity index (χ1n) is 10.4. The van der Waals surface area contributed by atoms with Gasteiger partial charge in [0, 0.05) is 30.8 Å². The second-order valence-corrected chi connectivity index (χ2v) is 9.28. The lowest BCUT2D eigenvalue weighted by atomic mass is 10.2. The molecule has 10 heteroatoms. The fourth-order valence-corrected chi connectivity index (χ4v) is 4.14. The van der Waals surface area contributed by atoms with Crippen molar-refractivity contribution in [2.75, 3.05) is 32.1 Å². The minimum absolute atomic E-state index is 0.164. The van der Waals surface area contributed by atoms with E-state index < -0.39 is 6.03 Å². The molecular formula is C24H24Cl2FN3O3S. The van der Waals surface area contributed by atoms with Gasteiger partial charge < -0.3 is 19.9 Å². The van der Waals surface area contributed by atoms with Crippen LogP contribution in [-0.4, -0.2) is 48.5 Å². The number of carbonyl (C=O) groups is 2. The van der Waals surface area contributed by atoms with E-state index in [2.05, 4.69) is 5.32 Å². The van der Waals surface area contributed by atoms with Crippen molar-refractivity contribution in [3.63, 3.8) is 0 Å². The van der Waals surface area contributed by atoms with E-state index in [0.717, 1.165) is 10.4 Å². The Kier molecular flexibility index (Phi) is 9.71. The highest BCUT2D eigenvalue weighted by Crippen LogP contribution is 2.25. The molecule has 6 nitrogen and oxygen atoms in total. The zero-order valence-corrected chi connectivity index (χ0v) is 20.8. The molecule has 0 radical (unpaired) electrons. The van der Waals surface area contributed by atoms with Crippen LogP contribution in [0.3, 0.4) is 0 Å². The lowest BCUT2D eigenvalue weighted by molar-refractivity contribution is -0.133. The van der Waals surface area contributed by atoms with Crippen LogP contribution in [0.4, 0.5) is 14.9 Å². The number of anilines is 1. The van der Waals surface area contributed by atoms with Crippen molar-refractivity contribution in [1.82, 2.24) is 9.80 Å². The Balaban J connectivity index is 1.75. The van der Waals surface area contributed by atoms with E-state index in [1.807, 2.05) is 17.5 Å². The Bertz CT molecular complexity index is 1100. The molecule has 1 heterocycles. The summed E-state index contributed by atoms with van der Waals surface area (Å²) in [6.45, 7) is 0.955. The first-order chi connectivity index (χ1) is 16.4. The number of ether oxygens (including phenoxy) is 1. The standard InChI is InChI=1S/C24H24Cl2FN3O3S/c1-33-11-10-29(24(32)28-19-8-9-21(25)22(26)13-19)16-23(31)30(15-20-3-2-12-34-20)14-17-4-6-18(27)7-5-17/h2-9,12-13H,10-11,14-16H2,1H3,(H,28,32). The van der Waals surface area contributed by atoms with Gasteiger partial charge in [0.25, 0.3) is 0 Å². The Morgan fingerprint density at radius 3 is 2.44 bits per heavy atom. The molecule has 0 saturated heterocycles. The molecule has 0 unspecified atom stereocenters. The summed E-state index contributed by atoms with van der Waals surface area (Å²) in [6.07, 6.45) is 0. The third-order valence-corrected chi connectivity index (χ3v) is 6.52. The van der Waals surface area contributed by atoms with Crippen molar-refractivity contribution >= 4 is 52.2 Å². The van der Waals surface area contributed by atoms with Gasteiger partial charge in [0.2, 0.25) is 5.91 Å². The third-order valence-electron chi connectivity index (χ3n) is 4.92. The van der Waals surface area contributed by atoms with Crippen LogP contribution >= 0.6 is 34.5 Å². The monoisotopic (exact) mass is 523 g/mol. The molecule has 3 aromatic rings. The maximum absolute atomic E-state index is 13.3. The number of benzene rings is 2. The van der Waals surface area contributed by atoms with Crippen molar-refractivity contribution in [3.05, 3.63) is 86.3 Å². The third kappa shape index (κ3) is 7.70. The molecule has 3 rings (SSSR count). The molecule has 180 valence electrons. The molecule has 0 aliphatic rings. The molecule has 0 atom stereocenters. The zero-order chi connectivity index (χ0) is 24.5. The van der Waals surface area contributed by atoms with Crippen LogP contribution in [0.2, 0.25) is 10.0 Å². The van der Waals surface area contributed by atoms with Gasteiger partial charge in [-0.2, -0.15) is 0 Å². The molecule has 1 aromatic heterocycles. The predicted octanol–water partition coefficient (Wildman–Crippen LogP) is 5.90. The van der Waals surface area contributed by atoms with E-state index in [1.165, 1.54) is 41.5 Å². The Morgan fingerprint density at radius 1 is 1.03 bits per heavy atom. The minimum Gasteiger partial charge on any atom is -0.383 e. The Hall–Kier alpha value is -2.65. The summed E-state index contributed by atoms with van der Waals surface area (Å²) in [6, 6.07) is 14.1. The molecule has 3 amide bonds. The van der Waals surface area contributed by atoms with Crippen LogP contribution in [-0.2, 0) is 22.6 Å². The van der Waals surface area contributed by atoms with Gasteiger partial charge in [-0.1, -0.05) is 41.4 Å². The van der Waals surface area contributed by atoms with Crippen LogP contribution in [0.25, 0.3) is 0 Å². The van der Waals surface area contributed by atoms with Crippen molar-refractivity contribution in [3.8, 4) is 0 Å². The van der Waals surface area contributed by atoms with Crippen molar-refractivity contribution in [2.24, 2.45) is 0 Å². The summed E-state index contributed by atoms with van der Waals surface area (Å²) in [5.41, 5.74) is 1.24. The fraction of sp³-hybridized carbons (Fsp3) is 0.250. The number of rotatable bonds is 10. The van der Waals surface area contributed by atoms with Gasteiger partial charge in [0.15, 0.2) is 0 Å². The molecule has 0 fully saturated rings. The molecule has 0 bridgehead atoms. The molecule has 34 heavy (non-hydrogen) atoms. The summed E-state index contributed by atoms with van der Waals surface area (Å²) >= 11 is 13.5. The lowest BCUT2D eigenvalue weighted by Crippen LogP contribution is -2.45. The number of nitrogens with zero attached hydrogens (tertiary/aromatic N) is 2. The van der Waals surface area contributed by atoms with Gasteiger partial charge in [-0.05, 0) is 47.3 Å². The van der Waals surface area contributed by atoms with E-state index >= 15 is 0 Å². The number of carbonyl (C=O) groups excluding carboxylic acids is 2. The first kappa shape index (κ1) is 26.0. The summed E-state index contributed by atoms with van der Waals surface area (Å²) in [5, 5.41) is 5.36. The smallest absolute Gasteiger partial charge is 0.322 e. The quantitative estimate of drug-likeness (QED) is 0.359. The summed E-state index contributed by atoms with van der Waals surface area (Å²) in [4.78, 5) is 30.3. The number of thiophene rings is 1. The predicted molar refractivity (Wildman–Crippen MR) is 134 cm³/mol. The van der Waals surface area contributed by atoms with E-state index in [-0.39, 0.29) is 38.0 Å². The second kappa shape index (κ2) is 12.7. The molecule has 2 aromatic carbocycles. The van der Waals surface area contributed by atoms with Crippen molar-refractivity contribution in [2.45, 2.75) is 13.1 Å². The largest absolute Gasteiger partial charge is 0.383 e. The normalized spacial score (nSPS) is 10.7. The lowest BCUT2D eigenvalue weighted by Gasteiger charge is -2.27. The van der Waals surface area contributed by atoms with Crippen molar-refractivity contribution in [1.29, 1.82) is 0 Å². The molecular weight excluding hydrogens is 500 g/mol. The van der Waals surface area contributed by atoms with Gasteiger partial charge in [0.1, 0.15) is 12.4 Å². The van der Waals surface area contributed by atoms with Crippen LogP contribution < -0.4 is 5.32 Å². The Morgan fingerprint density at radius 2 is 1.79 bits per heavy atom.